The van der Waals surface area contributed by atoms with Crippen molar-refractivity contribution in [2.45, 2.75) is 12.8 Å². The number of amides is 2. The Morgan fingerprint density at radius 2 is 1.78 bits per heavy atom. The van der Waals surface area contributed by atoms with Gasteiger partial charge in [0.25, 0.3) is 5.91 Å². The number of hydrogen-bond donors (Lipinski definition) is 3. The molecule has 3 N–H and O–H groups in total. The Labute approximate surface area is 214 Å². The van der Waals surface area contributed by atoms with Crippen LogP contribution in [0.4, 0.5) is 11.8 Å². The first kappa shape index (κ1) is 25.4. The van der Waals surface area contributed by atoms with Gasteiger partial charge in [-0.1, -0.05) is 25.1 Å². The quantitative estimate of drug-likeness (QED) is 0.317. The van der Waals surface area contributed by atoms with Crippen LogP contribution in [0.25, 0.3) is 22.2 Å². The van der Waals surface area contributed by atoms with E-state index in [9.17, 15) is 9.59 Å². The second kappa shape index (κ2) is 11.4. The SMILES string of the molecule is CNC(=O)c1ccnc2c([C@H](C)CNc3cc(-c4cnc(NCC(=O)N(C)C)nc4)ncn3)cccc12. The molecule has 1 atom stereocenters. The van der Waals surface area contributed by atoms with E-state index in [1.54, 1.807) is 45.8 Å². The number of rotatable bonds is 9. The van der Waals surface area contributed by atoms with Crippen LogP contribution in [0, 0.1) is 0 Å². The molecule has 0 aliphatic rings. The molecule has 2 amide bonds. The standard InChI is InChI=1S/C26H29N9O2/c1-16(18-6-5-7-19-20(25(37)27-2)8-9-28-24(18)19)11-29-22-10-21(33-15-34-22)17-12-30-26(31-13-17)32-14-23(36)35(3)4/h5-10,12-13,15-16H,11,14H2,1-4H3,(H,27,37)(H,29,33,34)(H,30,31,32)/t16-/m1/s1. The van der Waals surface area contributed by atoms with Crippen molar-refractivity contribution in [2.24, 2.45) is 0 Å². The molecule has 0 fully saturated rings. The maximum Gasteiger partial charge on any atom is 0.251 e. The van der Waals surface area contributed by atoms with Crippen molar-refractivity contribution in [3.63, 3.8) is 0 Å². The van der Waals surface area contributed by atoms with Gasteiger partial charge in [0.1, 0.15) is 12.1 Å². The van der Waals surface area contributed by atoms with Crippen LogP contribution in [-0.4, -0.2) is 75.9 Å². The molecule has 11 heteroatoms. The lowest BCUT2D eigenvalue weighted by Crippen LogP contribution is -2.29. The van der Waals surface area contributed by atoms with Gasteiger partial charge in [-0.05, 0) is 11.6 Å². The zero-order valence-electron chi connectivity index (χ0n) is 21.2. The van der Waals surface area contributed by atoms with Crippen LogP contribution in [0.1, 0.15) is 28.8 Å². The Hall–Kier alpha value is -4.67. The molecule has 0 saturated heterocycles. The fraction of sp³-hybridized carbons (Fsp3) is 0.269. The van der Waals surface area contributed by atoms with Crippen LogP contribution in [-0.2, 0) is 4.79 Å². The number of aromatic nitrogens is 5. The first-order chi connectivity index (χ1) is 17.9. The van der Waals surface area contributed by atoms with E-state index in [2.05, 4.69) is 47.8 Å². The van der Waals surface area contributed by atoms with Gasteiger partial charge in [0.05, 0.1) is 23.3 Å². The predicted octanol–water partition coefficient (Wildman–Crippen LogP) is 2.56. The Kier molecular flexibility index (Phi) is 7.82. The van der Waals surface area contributed by atoms with E-state index in [0.29, 0.717) is 29.6 Å². The smallest absolute Gasteiger partial charge is 0.251 e. The summed E-state index contributed by atoms with van der Waals surface area (Å²) in [6, 6.07) is 9.45. The Morgan fingerprint density at radius 3 is 2.51 bits per heavy atom. The lowest BCUT2D eigenvalue weighted by Gasteiger charge is -2.16. The zero-order chi connectivity index (χ0) is 26.4. The van der Waals surface area contributed by atoms with Crippen molar-refractivity contribution in [2.75, 3.05) is 44.9 Å². The fourth-order valence-electron chi connectivity index (χ4n) is 3.77. The highest BCUT2D eigenvalue weighted by Gasteiger charge is 2.15. The molecule has 0 spiro atoms. The zero-order valence-corrected chi connectivity index (χ0v) is 21.2. The van der Waals surface area contributed by atoms with Crippen LogP contribution in [0.15, 0.2) is 55.2 Å². The summed E-state index contributed by atoms with van der Waals surface area (Å²) in [4.78, 5) is 47.3. The molecule has 11 nitrogen and oxygen atoms in total. The predicted molar refractivity (Wildman–Crippen MR) is 142 cm³/mol. The number of fused-ring (bicyclic) bond motifs is 1. The summed E-state index contributed by atoms with van der Waals surface area (Å²) in [5.41, 5.74) is 3.84. The van der Waals surface area contributed by atoms with E-state index in [0.717, 1.165) is 22.0 Å². The maximum absolute atomic E-state index is 12.3. The molecular weight excluding hydrogens is 470 g/mol. The summed E-state index contributed by atoms with van der Waals surface area (Å²) in [5.74, 6) is 0.907. The van der Waals surface area contributed by atoms with Crippen molar-refractivity contribution in [3.05, 3.63) is 66.4 Å². The fourth-order valence-corrected chi connectivity index (χ4v) is 3.77. The topological polar surface area (TPSA) is 138 Å². The molecule has 4 aromatic rings. The summed E-state index contributed by atoms with van der Waals surface area (Å²) < 4.78 is 0. The molecule has 37 heavy (non-hydrogen) atoms. The molecule has 3 aromatic heterocycles. The molecule has 1 aromatic carbocycles. The Balaban J connectivity index is 1.45. The first-order valence-electron chi connectivity index (χ1n) is 11.8. The highest BCUT2D eigenvalue weighted by molar-refractivity contribution is 6.06. The summed E-state index contributed by atoms with van der Waals surface area (Å²) in [5, 5.41) is 9.77. The molecule has 0 aliphatic carbocycles. The van der Waals surface area contributed by atoms with Gasteiger partial charge in [-0.2, -0.15) is 0 Å². The van der Waals surface area contributed by atoms with Gasteiger partial charge >= 0.3 is 0 Å². The van der Waals surface area contributed by atoms with Crippen molar-refractivity contribution in [3.8, 4) is 11.3 Å². The number of carbonyl (C=O) groups is 2. The maximum atomic E-state index is 12.3. The molecule has 4 rings (SSSR count). The van der Waals surface area contributed by atoms with Gasteiger partial charge in [0, 0.05) is 69.2 Å². The average molecular weight is 500 g/mol. The number of benzene rings is 1. The number of nitrogens with zero attached hydrogens (tertiary/aromatic N) is 6. The summed E-state index contributed by atoms with van der Waals surface area (Å²) in [7, 11) is 5.00. The Morgan fingerprint density at radius 1 is 1.00 bits per heavy atom. The molecule has 190 valence electrons. The number of likely N-dealkylation sites (N-methyl/N-ethyl adjacent to an activating group) is 1. The van der Waals surface area contributed by atoms with Gasteiger partial charge in [0.15, 0.2) is 0 Å². The molecule has 0 saturated carbocycles. The third-order valence-corrected chi connectivity index (χ3v) is 5.91. The lowest BCUT2D eigenvalue weighted by atomic mass is 9.96. The second-order valence-electron chi connectivity index (χ2n) is 8.69. The number of hydrogen-bond acceptors (Lipinski definition) is 9. The summed E-state index contributed by atoms with van der Waals surface area (Å²) in [6.07, 6.45) is 6.45. The van der Waals surface area contributed by atoms with Crippen LogP contribution in [0.5, 0.6) is 0 Å². The van der Waals surface area contributed by atoms with Gasteiger partial charge in [-0.15, -0.1) is 0 Å². The number of para-hydroxylation sites is 1. The lowest BCUT2D eigenvalue weighted by molar-refractivity contribution is -0.126. The Bertz CT molecular complexity index is 1410. The van der Waals surface area contributed by atoms with Crippen molar-refractivity contribution in [1.29, 1.82) is 0 Å². The van der Waals surface area contributed by atoms with Gasteiger partial charge in [-0.25, -0.2) is 19.9 Å². The van der Waals surface area contributed by atoms with E-state index in [1.165, 1.54) is 11.2 Å². The van der Waals surface area contributed by atoms with Gasteiger partial charge in [-0.3, -0.25) is 14.6 Å². The molecular formula is C26H29N9O2. The van der Waals surface area contributed by atoms with E-state index in [1.807, 2.05) is 24.3 Å². The normalized spacial score (nSPS) is 11.6. The highest BCUT2D eigenvalue weighted by atomic mass is 16.2. The third kappa shape index (κ3) is 5.95. The number of pyridine rings is 1. The minimum atomic E-state index is -0.140. The summed E-state index contributed by atoms with van der Waals surface area (Å²) >= 11 is 0. The van der Waals surface area contributed by atoms with E-state index in [-0.39, 0.29) is 24.3 Å². The molecule has 0 bridgehead atoms. The minimum Gasteiger partial charge on any atom is -0.369 e. The van der Waals surface area contributed by atoms with E-state index < -0.39 is 0 Å². The molecule has 3 heterocycles. The highest BCUT2D eigenvalue weighted by Crippen LogP contribution is 2.27. The van der Waals surface area contributed by atoms with Crippen LogP contribution >= 0.6 is 0 Å². The average Bonchev–Trinajstić information content (AvgIpc) is 2.93. The summed E-state index contributed by atoms with van der Waals surface area (Å²) in [6.45, 7) is 2.81. The number of anilines is 2. The van der Waals surface area contributed by atoms with Crippen LogP contribution < -0.4 is 16.0 Å². The van der Waals surface area contributed by atoms with Gasteiger partial charge in [0.2, 0.25) is 11.9 Å². The first-order valence-corrected chi connectivity index (χ1v) is 11.8. The number of carbonyl (C=O) groups excluding carboxylic acids is 2. The number of nitrogens with one attached hydrogen (secondary N) is 3. The van der Waals surface area contributed by atoms with Crippen molar-refractivity contribution in [1.82, 2.24) is 35.1 Å². The van der Waals surface area contributed by atoms with Crippen LogP contribution in [0.2, 0.25) is 0 Å². The van der Waals surface area contributed by atoms with E-state index >= 15 is 0 Å². The third-order valence-electron chi connectivity index (χ3n) is 5.91. The molecule has 0 unspecified atom stereocenters. The van der Waals surface area contributed by atoms with Crippen molar-refractivity contribution >= 4 is 34.5 Å². The van der Waals surface area contributed by atoms with E-state index in [4.69, 9.17) is 0 Å². The largest absolute Gasteiger partial charge is 0.369 e. The van der Waals surface area contributed by atoms with Crippen molar-refractivity contribution < 1.29 is 9.59 Å². The van der Waals surface area contributed by atoms with Crippen LogP contribution in [0.3, 0.4) is 0 Å². The monoisotopic (exact) mass is 499 g/mol. The molecule has 0 aliphatic heterocycles. The second-order valence-corrected chi connectivity index (χ2v) is 8.69. The minimum absolute atomic E-state index is 0.0698. The van der Waals surface area contributed by atoms with Gasteiger partial charge < -0.3 is 20.9 Å². The molecule has 0 radical (unpaired) electrons.